The normalized spacial score (nSPS) is 11.4. The Hall–Kier alpha value is -4.96. The predicted molar refractivity (Wildman–Crippen MR) is 212 cm³/mol. The Morgan fingerprint density at radius 2 is 1.37 bits per heavy atom. The molecule has 0 N–H and O–H groups in total. The molecule has 0 saturated heterocycles. The van der Waals surface area contributed by atoms with Gasteiger partial charge in [0, 0.05) is 43.6 Å². The van der Waals surface area contributed by atoms with Crippen molar-refractivity contribution in [1.29, 1.82) is 0 Å². The molecular formula is C47H43IrN3O-2. The zero-order valence-electron chi connectivity index (χ0n) is 31.3. The maximum absolute atomic E-state index is 6.23. The number of nitrogens with zero attached hydrogens (tertiary/aromatic N) is 3. The van der Waals surface area contributed by atoms with Crippen molar-refractivity contribution in [3.8, 4) is 33.6 Å². The number of benzene rings is 4. The number of furan rings is 1. The van der Waals surface area contributed by atoms with Gasteiger partial charge >= 0.3 is 0 Å². The summed E-state index contributed by atoms with van der Waals surface area (Å²) in [5.74, 6) is 0. The summed E-state index contributed by atoms with van der Waals surface area (Å²) in [5.41, 5.74) is 16.1. The molecule has 263 valence electrons. The van der Waals surface area contributed by atoms with E-state index >= 15 is 0 Å². The van der Waals surface area contributed by atoms with Crippen LogP contribution in [0, 0.1) is 53.7 Å². The first-order valence-electron chi connectivity index (χ1n) is 17.5. The Balaban J connectivity index is 0.000000244. The van der Waals surface area contributed by atoms with E-state index in [9.17, 15) is 0 Å². The van der Waals surface area contributed by atoms with Gasteiger partial charge in [-0.25, -0.2) is 4.98 Å². The van der Waals surface area contributed by atoms with Gasteiger partial charge in [0.1, 0.15) is 0 Å². The molecule has 0 aliphatic heterocycles. The molecule has 8 rings (SSSR count). The van der Waals surface area contributed by atoms with Crippen molar-refractivity contribution in [1.82, 2.24) is 15.0 Å². The van der Waals surface area contributed by atoms with E-state index in [-0.39, 0.29) is 25.5 Å². The second-order valence-corrected chi connectivity index (χ2v) is 14.8. The summed E-state index contributed by atoms with van der Waals surface area (Å²) in [6.07, 6.45) is 3.87. The summed E-state index contributed by atoms with van der Waals surface area (Å²) in [4.78, 5) is 13.8. The average molecular weight is 858 g/mol. The number of hydrogen-bond donors (Lipinski definition) is 0. The molecular weight excluding hydrogens is 815 g/mol. The summed E-state index contributed by atoms with van der Waals surface area (Å²) in [6, 6.07) is 36.5. The predicted octanol–water partition coefficient (Wildman–Crippen LogP) is 12.4. The van der Waals surface area contributed by atoms with E-state index in [1.807, 2.05) is 43.6 Å². The molecule has 0 bridgehead atoms. The number of fused-ring (bicyclic) bond motifs is 4. The van der Waals surface area contributed by atoms with Crippen molar-refractivity contribution < 1.29 is 24.5 Å². The first-order valence-corrected chi connectivity index (χ1v) is 17.5. The molecule has 8 aromatic rings. The maximum Gasteiger partial charge on any atom is 0.216 e. The smallest absolute Gasteiger partial charge is 0.216 e. The SMILES string of the molecule is Cc1c[c-]c(-c2cc(C)c(C)cn2)cc1.Cc1ccc2c(n1)oc1c(-c3cc(-c4cc5ccc(C(C)(C)C)cc5cc4C)c(C)cn3)[c-]ccc12.[Ir]. The topological polar surface area (TPSA) is 51.8 Å². The third-order valence-electron chi connectivity index (χ3n) is 9.75. The number of hydrogen-bond acceptors (Lipinski definition) is 4. The molecule has 4 aromatic heterocycles. The molecule has 0 amide bonds. The van der Waals surface area contributed by atoms with E-state index in [1.54, 1.807) is 0 Å². The van der Waals surface area contributed by atoms with Gasteiger partial charge in [0.2, 0.25) is 5.71 Å². The van der Waals surface area contributed by atoms with Gasteiger partial charge in [-0.2, -0.15) is 0 Å². The van der Waals surface area contributed by atoms with Crippen LogP contribution in [-0.4, -0.2) is 15.0 Å². The van der Waals surface area contributed by atoms with Crippen molar-refractivity contribution >= 4 is 32.8 Å². The summed E-state index contributed by atoms with van der Waals surface area (Å²) >= 11 is 0. The fourth-order valence-corrected chi connectivity index (χ4v) is 6.46. The largest absolute Gasteiger partial charge is 0.486 e. The molecule has 0 spiro atoms. The van der Waals surface area contributed by atoms with Gasteiger partial charge in [-0.3, -0.25) is 0 Å². The van der Waals surface area contributed by atoms with Crippen LogP contribution in [0.1, 0.15) is 59.8 Å². The van der Waals surface area contributed by atoms with Crippen LogP contribution < -0.4 is 0 Å². The molecule has 0 fully saturated rings. The minimum Gasteiger partial charge on any atom is -0.486 e. The molecule has 0 aliphatic carbocycles. The van der Waals surface area contributed by atoms with Crippen LogP contribution in [0.4, 0.5) is 0 Å². The second kappa shape index (κ2) is 14.6. The average Bonchev–Trinajstić information content (AvgIpc) is 3.47. The van der Waals surface area contributed by atoms with Gasteiger partial charge in [0.15, 0.2) is 0 Å². The molecule has 5 heteroatoms. The maximum atomic E-state index is 6.23. The Bertz CT molecular complexity index is 2580. The fraction of sp³-hybridized carbons (Fsp3) is 0.213. The zero-order chi connectivity index (χ0) is 36.0. The molecule has 1 radical (unpaired) electrons. The zero-order valence-corrected chi connectivity index (χ0v) is 33.7. The first-order chi connectivity index (χ1) is 24.4. The van der Waals surface area contributed by atoms with Crippen LogP contribution in [0.25, 0.3) is 66.5 Å². The molecule has 0 saturated carbocycles. The van der Waals surface area contributed by atoms with Gasteiger partial charge < -0.3 is 14.4 Å². The van der Waals surface area contributed by atoms with Gasteiger partial charge in [0.25, 0.3) is 0 Å². The Morgan fingerprint density at radius 1 is 0.615 bits per heavy atom. The first kappa shape index (κ1) is 36.8. The van der Waals surface area contributed by atoms with Crippen LogP contribution >= 0.6 is 0 Å². The van der Waals surface area contributed by atoms with Crippen LogP contribution in [0.15, 0.2) is 102 Å². The van der Waals surface area contributed by atoms with Crippen molar-refractivity contribution in [3.05, 3.63) is 149 Å². The van der Waals surface area contributed by atoms with E-state index in [0.717, 1.165) is 50.1 Å². The third-order valence-corrected chi connectivity index (χ3v) is 9.75. The van der Waals surface area contributed by atoms with Gasteiger partial charge in [-0.1, -0.05) is 80.6 Å². The van der Waals surface area contributed by atoms with Crippen molar-refractivity contribution in [2.24, 2.45) is 0 Å². The van der Waals surface area contributed by atoms with Crippen LogP contribution in [0.3, 0.4) is 0 Å². The number of aryl methyl sites for hydroxylation is 6. The van der Waals surface area contributed by atoms with E-state index < -0.39 is 0 Å². The van der Waals surface area contributed by atoms with Crippen LogP contribution in [0.2, 0.25) is 0 Å². The summed E-state index contributed by atoms with van der Waals surface area (Å²) in [6.45, 7) is 19.3. The summed E-state index contributed by atoms with van der Waals surface area (Å²) in [7, 11) is 0. The molecule has 4 heterocycles. The molecule has 4 nitrogen and oxygen atoms in total. The molecule has 4 aromatic carbocycles. The minimum absolute atomic E-state index is 0. The van der Waals surface area contributed by atoms with E-state index in [2.05, 4.69) is 138 Å². The molecule has 52 heavy (non-hydrogen) atoms. The standard InChI is InChI=1S/C33H29N2O.C14H14N.Ir/c1-19-14-23-15-24(33(4,5)6)12-11-22(23)16-28(19)29-17-30(34-18-20(29)2)27-9-7-8-25-26-13-10-21(3)35-32(26)36-31(25)27;1-10-4-6-13(7-5-10)14-8-11(2)12(3)9-15-14;/h7-8,10-18H,1-6H3;4-6,8-9H,1-3H3;/q2*-1;. The molecule has 0 unspecified atom stereocenters. The Kier molecular flexibility index (Phi) is 10.3. The molecule has 0 aliphatic rings. The fourth-order valence-electron chi connectivity index (χ4n) is 6.46. The van der Waals surface area contributed by atoms with Crippen molar-refractivity contribution in [3.63, 3.8) is 0 Å². The summed E-state index contributed by atoms with van der Waals surface area (Å²) in [5, 5.41) is 4.57. The van der Waals surface area contributed by atoms with E-state index in [0.29, 0.717) is 5.71 Å². The quantitative estimate of drug-likeness (QED) is 0.166. The van der Waals surface area contributed by atoms with Crippen LogP contribution in [-0.2, 0) is 25.5 Å². The number of rotatable bonds is 3. The van der Waals surface area contributed by atoms with E-state index in [1.165, 1.54) is 49.7 Å². The van der Waals surface area contributed by atoms with E-state index in [4.69, 9.17) is 9.40 Å². The van der Waals surface area contributed by atoms with Gasteiger partial charge in [-0.15, -0.1) is 53.6 Å². The third kappa shape index (κ3) is 7.35. The summed E-state index contributed by atoms with van der Waals surface area (Å²) < 4.78 is 6.23. The second-order valence-electron chi connectivity index (χ2n) is 14.8. The van der Waals surface area contributed by atoms with Gasteiger partial charge in [0.05, 0.1) is 5.58 Å². The number of aromatic nitrogens is 3. The van der Waals surface area contributed by atoms with Gasteiger partial charge in [-0.05, 0) is 114 Å². The van der Waals surface area contributed by atoms with Crippen LogP contribution in [0.5, 0.6) is 0 Å². The van der Waals surface area contributed by atoms with Crippen molar-refractivity contribution in [2.45, 2.75) is 67.7 Å². The van der Waals surface area contributed by atoms with Crippen molar-refractivity contribution in [2.75, 3.05) is 0 Å². The minimum atomic E-state index is 0. The molecule has 0 atom stereocenters. The number of pyridine rings is 3. The monoisotopic (exact) mass is 858 g/mol. The Morgan fingerprint density at radius 3 is 2.10 bits per heavy atom. The Labute approximate surface area is 320 Å².